The molecule has 0 atom stereocenters. The van der Waals surface area contributed by atoms with Gasteiger partial charge in [0.25, 0.3) is 0 Å². The van der Waals surface area contributed by atoms with E-state index in [1.165, 1.54) is 0 Å². The number of hydrogen-bond donors (Lipinski definition) is 1. The lowest BCUT2D eigenvalue weighted by Gasteiger charge is -2.24. The van der Waals surface area contributed by atoms with Gasteiger partial charge in [-0.25, -0.2) is 0 Å². The SMILES string of the molecule is Cc1ccc(CN(CC(=O)NCCOc2ccccc2)C(C)C)o1. The van der Waals surface area contributed by atoms with E-state index in [2.05, 4.69) is 24.1 Å². The van der Waals surface area contributed by atoms with E-state index in [9.17, 15) is 4.79 Å². The molecule has 0 spiro atoms. The van der Waals surface area contributed by atoms with Crippen LogP contribution in [0.1, 0.15) is 25.4 Å². The van der Waals surface area contributed by atoms with Crippen LogP contribution in [0.2, 0.25) is 0 Å². The molecule has 0 aliphatic carbocycles. The molecule has 0 bridgehead atoms. The average molecular weight is 330 g/mol. The quantitative estimate of drug-likeness (QED) is 0.718. The lowest BCUT2D eigenvalue weighted by molar-refractivity contribution is -0.123. The van der Waals surface area contributed by atoms with Gasteiger partial charge in [-0.05, 0) is 45.0 Å². The first kappa shape index (κ1) is 18.1. The van der Waals surface area contributed by atoms with Crippen molar-refractivity contribution in [2.45, 2.75) is 33.4 Å². The van der Waals surface area contributed by atoms with Gasteiger partial charge in [0.1, 0.15) is 23.9 Å². The van der Waals surface area contributed by atoms with Crippen LogP contribution in [0.3, 0.4) is 0 Å². The van der Waals surface area contributed by atoms with Gasteiger partial charge in [-0.3, -0.25) is 9.69 Å². The molecule has 0 aliphatic rings. The van der Waals surface area contributed by atoms with Crippen molar-refractivity contribution >= 4 is 5.91 Å². The lowest BCUT2D eigenvalue weighted by Crippen LogP contribution is -2.41. The van der Waals surface area contributed by atoms with E-state index < -0.39 is 0 Å². The van der Waals surface area contributed by atoms with E-state index in [-0.39, 0.29) is 11.9 Å². The van der Waals surface area contributed by atoms with Crippen LogP contribution >= 0.6 is 0 Å². The Morgan fingerprint density at radius 3 is 2.58 bits per heavy atom. The number of aryl methyl sites for hydroxylation is 1. The summed E-state index contributed by atoms with van der Waals surface area (Å²) in [6, 6.07) is 13.7. The van der Waals surface area contributed by atoms with Gasteiger partial charge in [-0.2, -0.15) is 0 Å². The number of furan rings is 1. The number of para-hydroxylation sites is 1. The van der Waals surface area contributed by atoms with Crippen LogP contribution < -0.4 is 10.1 Å². The number of nitrogens with zero attached hydrogens (tertiary/aromatic N) is 1. The number of carbonyl (C=O) groups excluding carboxylic acids is 1. The maximum atomic E-state index is 12.1. The first-order valence-corrected chi connectivity index (χ1v) is 8.28. The fraction of sp³-hybridized carbons (Fsp3) is 0.421. The third kappa shape index (κ3) is 6.08. The fourth-order valence-corrected chi connectivity index (χ4v) is 2.31. The standard InChI is InChI=1S/C19H26N2O3/c1-15(2)21(13-18-10-9-16(3)24-18)14-19(22)20-11-12-23-17-7-5-4-6-8-17/h4-10,15H,11-14H2,1-3H3,(H,20,22). The van der Waals surface area contributed by atoms with E-state index in [0.29, 0.717) is 26.2 Å². The minimum absolute atomic E-state index is 0.0105. The van der Waals surface area contributed by atoms with Gasteiger partial charge in [0, 0.05) is 6.04 Å². The molecule has 2 aromatic rings. The highest BCUT2D eigenvalue weighted by atomic mass is 16.5. The molecule has 0 aliphatic heterocycles. The molecule has 5 nitrogen and oxygen atoms in total. The molecular formula is C19H26N2O3. The van der Waals surface area contributed by atoms with E-state index in [4.69, 9.17) is 9.15 Å². The molecule has 2 rings (SSSR count). The number of nitrogens with one attached hydrogen (secondary N) is 1. The second-order valence-electron chi connectivity index (χ2n) is 6.02. The van der Waals surface area contributed by atoms with Gasteiger partial charge < -0.3 is 14.5 Å². The van der Waals surface area contributed by atoms with Crippen molar-refractivity contribution in [1.82, 2.24) is 10.2 Å². The molecule has 130 valence electrons. The number of benzene rings is 1. The predicted octanol–water partition coefficient (Wildman–Crippen LogP) is 2.99. The van der Waals surface area contributed by atoms with Gasteiger partial charge in [-0.15, -0.1) is 0 Å². The number of carbonyl (C=O) groups is 1. The molecule has 0 radical (unpaired) electrons. The van der Waals surface area contributed by atoms with Crippen LogP contribution in [0.4, 0.5) is 0 Å². The van der Waals surface area contributed by atoms with Crippen molar-refractivity contribution in [3.8, 4) is 5.75 Å². The first-order valence-electron chi connectivity index (χ1n) is 8.28. The molecule has 1 heterocycles. The smallest absolute Gasteiger partial charge is 0.234 e. The van der Waals surface area contributed by atoms with E-state index >= 15 is 0 Å². The third-order valence-corrected chi connectivity index (χ3v) is 3.67. The molecular weight excluding hydrogens is 304 g/mol. The molecule has 5 heteroatoms. The van der Waals surface area contributed by atoms with Crippen LogP contribution in [0.15, 0.2) is 46.9 Å². The molecule has 1 amide bonds. The molecule has 24 heavy (non-hydrogen) atoms. The summed E-state index contributed by atoms with van der Waals surface area (Å²) in [6.07, 6.45) is 0. The van der Waals surface area contributed by atoms with Crippen LogP contribution in [-0.4, -0.2) is 36.5 Å². The van der Waals surface area contributed by atoms with Gasteiger partial charge in [0.2, 0.25) is 5.91 Å². The molecule has 1 N–H and O–H groups in total. The Balaban J connectivity index is 1.72. The van der Waals surface area contributed by atoms with Crippen molar-refractivity contribution in [1.29, 1.82) is 0 Å². The average Bonchev–Trinajstić information content (AvgIpc) is 2.97. The highest BCUT2D eigenvalue weighted by Gasteiger charge is 2.15. The third-order valence-electron chi connectivity index (χ3n) is 3.67. The number of rotatable bonds is 9. The molecule has 0 fully saturated rings. The second kappa shape index (κ2) is 9.13. The molecule has 1 aromatic heterocycles. The molecule has 0 saturated heterocycles. The Kier molecular flexibility index (Phi) is 6.88. The summed E-state index contributed by atoms with van der Waals surface area (Å²) in [7, 11) is 0. The zero-order valence-corrected chi connectivity index (χ0v) is 14.6. The number of ether oxygens (including phenoxy) is 1. The minimum atomic E-state index is -0.0105. The summed E-state index contributed by atoms with van der Waals surface area (Å²) in [5.74, 6) is 2.56. The Labute approximate surface area is 143 Å². The van der Waals surface area contributed by atoms with E-state index in [1.54, 1.807) is 0 Å². The van der Waals surface area contributed by atoms with Gasteiger partial charge in [0.05, 0.1) is 19.6 Å². The van der Waals surface area contributed by atoms with Crippen molar-refractivity contribution in [3.63, 3.8) is 0 Å². The van der Waals surface area contributed by atoms with Crippen LogP contribution in [0.5, 0.6) is 5.75 Å². The Morgan fingerprint density at radius 2 is 1.96 bits per heavy atom. The molecule has 0 saturated carbocycles. The summed E-state index contributed by atoms with van der Waals surface area (Å²) in [6.45, 7) is 7.96. The zero-order chi connectivity index (χ0) is 17.4. The van der Waals surface area contributed by atoms with Crippen molar-refractivity contribution in [3.05, 3.63) is 54.0 Å². The topological polar surface area (TPSA) is 54.7 Å². The monoisotopic (exact) mass is 330 g/mol. The minimum Gasteiger partial charge on any atom is -0.492 e. The fourth-order valence-electron chi connectivity index (χ4n) is 2.31. The largest absolute Gasteiger partial charge is 0.492 e. The van der Waals surface area contributed by atoms with E-state index in [1.807, 2.05) is 49.4 Å². The predicted molar refractivity (Wildman–Crippen MR) is 93.9 cm³/mol. The Hall–Kier alpha value is -2.27. The highest BCUT2D eigenvalue weighted by Crippen LogP contribution is 2.11. The number of hydrogen-bond acceptors (Lipinski definition) is 4. The summed E-state index contributed by atoms with van der Waals surface area (Å²) in [5.41, 5.74) is 0. The first-order chi connectivity index (χ1) is 11.5. The van der Waals surface area contributed by atoms with Crippen LogP contribution in [0, 0.1) is 6.92 Å². The normalized spacial score (nSPS) is 11.0. The van der Waals surface area contributed by atoms with Crippen molar-refractivity contribution in [2.75, 3.05) is 19.7 Å². The Bertz CT molecular complexity index is 623. The van der Waals surface area contributed by atoms with Crippen LogP contribution in [0.25, 0.3) is 0 Å². The van der Waals surface area contributed by atoms with Gasteiger partial charge in [0.15, 0.2) is 0 Å². The molecule has 1 aromatic carbocycles. The van der Waals surface area contributed by atoms with Gasteiger partial charge in [-0.1, -0.05) is 18.2 Å². The maximum absolute atomic E-state index is 12.1. The summed E-state index contributed by atoms with van der Waals surface area (Å²) < 4.78 is 11.2. The van der Waals surface area contributed by atoms with Crippen molar-refractivity contribution < 1.29 is 13.9 Å². The van der Waals surface area contributed by atoms with Crippen molar-refractivity contribution in [2.24, 2.45) is 0 Å². The maximum Gasteiger partial charge on any atom is 0.234 e. The van der Waals surface area contributed by atoms with Gasteiger partial charge >= 0.3 is 0 Å². The van der Waals surface area contributed by atoms with E-state index in [0.717, 1.165) is 17.3 Å². The zero-order valence-electron chi connectivity index (χ0n) is 14.6. The summed E-state index contributed by atoms with van der Waals surface area (Å²) in [5, 5.41) is 2.89. The number of amides is 1. The summed E-state index contributed by atoms with van der Waals surface area (Å²) in [4.78, 5) is 14.2. The Morgan fingerprint density at radius 1 is 1.21 bits per heavy atom. The summed E-state index contributed by atoms with van der Waals surface area (Å²) >= 11 is 0. The molecule has 0 unspecified atom stereocenters. The van der Waals surface area contributed by atoms with Crippen LogP contribution in [-0.2, 0) is 11.3 Å². The second-order valence-corrected chi connectivity index (χ2v) is 6.02. The lowest BCUT2D eigenvalue weighted by atomic mass is 10.3. The highest BCUT2D eigenvalue weighted by molar-refractivity contribution is 5.78.